The molecule has 0 radical (unpaired) electrons. The third-order valence-electron chi connectivity index (χ3n) is 3.12. The molecule has 0 aromatic carbocycles. The average molecular weight is 228 g/mol. The Labute approximate surface area is 95.8 Å². The van der Waals surface area contributed by atoms with Crippen LogP contribution in [0.5, 0.6) is 0 Å². The van der Waals surface area contributed by atoms with Crippen LogP contribution >= 0.6 is 0 Å². The number of carbonyl (C=O) groups is 2. The summed E-state index contributed by atoms with van der Waals surface area (Å²) in [5, 5.41) is 11.3. The number of hydrogen-bond donors (Lipinski definition) is 2. The number of aliphatic carboxylic acids is 1. The molecule has 5 nitrogen and oxygen atoms in total. The molecule has 0 spiro atoms. The van der Waals surface area contributed by atoms with Gasteiger partial charge in [-0.15, -0.1) is 0 Å². The minimum Gasteiger partial charge on any atom is -0.481 e. The number of rotatable bonds is 6. The quantitative estimate of drug-likeness (QED) is 0.719. The summed E-state index contributed by atoms with van der Waals surface area (Å²) in [7, 11) is 1.61. The van der Waals surface area contributed by atoms with Gasteiger partial charge in [0.2, 0.25) is 0 Å². The lowest BCUT2D eigenvalue weighted by atomic mass is 10.1. The third-order valence-corrected chi connectivity index (χ3v) is 3.12. The largest absolute Gasteiger partial charge is 0.481 e. The standard InChI is InChI=1S/C11H20N2O3/c1-11(4-5-11)6-7-12-10(16)13(2)8-3-9(14)15/h3-8H2,1-2H3,(H,12,16)(H,14,15). The Hall–Kier alpha value is -1.26. The van der Waals surface area contributed by atoms with E-state index >= 15 is 0 Å². The number of amides is 2. The van der Waals surface area contributed by atoms with Gasteiger partial charge in [0.05, 0.1) is 6.42 Å². The molecule has 1 aliphatic carbocycles. The van der Waals surface area contributed by atoms with Crippen molar-refractivity contribution in [1.29, 1.82) is 0 Å². The van der Waals surface area contributed by atoms with Crippen LogP contribution in [0, 0.1) is 5.41 Å². The number of hydrogen-bond acceptors (Lipinski definition) is 2. The summed E-state index contributed by atoms with van der Waals surface area (Å²) >= 11 is 0. The van der Waals surface area contributed by atoms with E-state index in [4.69, 9.17) is 5.11 Å². The van der Waals surface area contributed by atoms with Crippen LogP contribution in [0.25, 0.3) is 0 Å². The molecule has 1 fully saturated rings. The van der Waals surface area contributed by atoms with Crippen molar-refractivity contribution in [1.82, 2.24) is 10.2 Å². The smallest absolute Gasteiger partial charge is 0.317 e. The van der Waals surface area contributed by atoms with Crippen molar-refractivity contribution in [3.05, 3.63) is 0 Å². The molecule has 0 aliphatic heterocycles. The van der Waals surface area contributed by atoms with E-state index in [9.17, 15) is 9.59 Å². The van der Waals surface area contributed by atoms with Crippen LogP contribution in [-0.2, 0) is 4.79 Å². The second-order valence-corrected chi connectivity index (χ2v) is 4.86. The Morgan fingerprint density at radius 3 is 2.56 bits per heavy atom. The zero-order valence-electron chi connectivity index (χ0n) is 9.95. The van der Waals surface area contributed by atoms with Crippen LogP contribution in [0.3, 0.4) is 0 Å². The van der Waals surface area contributed by atoms with Crippen molar-refractivity contribution in [3.63, 3.8) is 0 Å². The molecule has 0 aromatic heterocycles. The molecule has 92 valence electrons. The topological polar surface area (TPSA) is 69.6 Å². The SMILES string of the molecule is CN(CCC(=O)O)C(=O)NCCC1(C)CC1. The first kappa shape index (κ1) is 12.8. The lowest BCUT2D eigenvalue weighted by Crippen LogP contribution is -2.39. The van der Waals surface area contributed by atoms with Gasteiger partial charge in [0.1, 0.15) is 0 Å². The summed E-state index contributed by atoms with van der Waals surface area (Å²) in [6, 6.07) is -0.189. The van der Waals surface area contributed by atoms with Crippen LogP contribution < -0.4 is 5.32 Å². The average Bonchev–Trinajstić information content (AvgIpc) is 2.92. The predicted octanol–water partition coefficient (Wildman–Crippen LogP) is 1.29. The minimum absolute atomic E-state index is 0.0123. The summed E-state index contributed by atoms with van der Waals surface area (Å²) in [6.45, 7) is 3.14. The molecule has 0 saturated heterocycles. The van der Waals surface area contributed by atoms with Crippen LogP contribution in [0.15, 0.2) is 0 Å². The fourth-order valence-corrected chi connectivity index (χ4v) is 1.43. The predicted molar refractivity (Wildman–Crippen MR) is 60.2 cm³/mol. The van der Waals surface area contributed by atoms with Gasteiger partial charge in [0, 0.05) is 20.1 Å². The molecule has 2 N–H and O–H groups in total. The molecule has 0 bridgehead atoms. The molecule has 0 aromatic rings. The maximum atomic E-state index is 11.5. The van der Waals surface area contributed by atoms with E-state index in [-0.39, 0.29) is 19.0 Å². The van der Waals surface area contributed by atoms with Crippen LogP contribution in [0.2, 0.25) is 0 Å². The van der Waals surface area contributed by atoms with Gasteiger partial charge >= 0.3 is 12.0 Å². The van der Waals surface area contributed by atoms with Gasteiger partial charge in [-0.05, 0) is 24.7 Å². The maximum Gasteiger partial charge on any atom is 0.317 e. The molecular formula is C11H20N2O3. The first-order chi connectivity index (χ1) is 7.43. The normalized spacial score (nSPS) is 16.6. The van der Waals surface area contributed by atoms with Crippen molar-refractivity contribution in [2.24, 2.45) is 5.41 Å². The zero-order valence-corrected chi connectivity index (χ0v) is 9.95. The molecule has 0 heterocycles. The van der Waals surface area contributed by atoms with Crippen molar-refractivity contribution < 1.29 is 14.7 Å². The first-order valence-electron chi connectivity index (χ1n) is 5.64. The van der Waals surface area contributed by atoms with E-state index in [2.05, 4.69) is 12.2 Å². The molecule has 2 amide bonds. The van der Waals surface area contributed by atoms with Gasteiger partial charge in [-0.3, -0.25) is 4.79 Å². The number of nitrogens with one attached hydrogen (secondary N) is 1. The highest BCUT2D eigenvalue weighted by molar-refractivity contribution is 5.74. The second-order valence-electron chi connectivity index (χ2n) is 4.86. The molecule has 5 heteroatoms. The lowest BCUT2D eigenvalue weighted by Gasteiger charge is -2.17. The van der Waals surface area contributed by atoms with E-state index in [1.54, 1.807) is 7.05 Å². The fraction of sp³-hybridized carbons (Fsp3) is 0.818. The molecule has 1 saturated carbocycles. The van der Waals surface area contributed by atoms with Crippen LogP contribution in [0.1, 0.15) is 32.6 Å². The summed E-state index contributed by atoms with van der Waals surface area (Å²) in [6.07, 6.45) is 3.49. The van der Waals surface area contributed by atoms with Gasteiger partial charge in [-0.2, -0.15) is 0 Å². The van der Waals surface area contributed by atoms with Crippen molar-refractivity contribution >= 4 is 12.0 Å². The van der Waals surface area contributed by atoms with Gasteiger partial charge in [0.25, 0.3) is 0 Å². The Balaban J connectivity index is 2.10. The summed E-state index contributed by atoms with van der Waals surface area (Å²) in [5.74, 6) is -0.884. The van der Waals surface area contributed by atoms with E-state index in [0.717, 1.165) is 6.42 Å². The molecule has 0 atom stereocenters. The number of urea groups is 1. The van der Waals surface area contributed by atoms with Crippen molar-refractivity contribution in [2.75, 3.05) is 20.1 Å². The number of carboxylic acid groups (broad SMARTS) is 1. The third kappa shape index (κ3) is 4.51. The van der Waals surface area contributed by atoms with E-state index in [0.29, 0.717) is 12.0 Å². The molecule has 0 unspecified atom stereocenters. The molecule has 16 heavy (non-hydrogen) atoms. The molecule has 1 rings (SSSR count). The van der Waals surface area contributed by atoms with E-state index in [1.165, 1.54) is 17.7 Å². The van der Waals surface area contributed by atoms with Crippen LogP contribution in [0.4, 0.5) is 4.79 Å². The Morgan fingerprint density at radius 2 is 2.06 bits per heavy atom. The summed E-state index contributed by atoms with van der Waals surface area (Å²) in [5.41, 5.74) is 0.437. The van der Waals surface area contributed by atoms with E-state index < -0.39 is 5.97 Å². The van der Waals surface area contributed by atoms with Gasteiger partial charge in [-0.25, -0.2) is 4.79 Å². The van der Waals surface area contributed by atoms with Crippen molar-refractivity contribution in [2.45, 2.75) is 32.6 Å². The van der Waals surface area contributed by atoms with Gasteiger partial charge in [-0.1, -0.05) is 6.92 Å². The minimum atomic E-state index is -0.884. The summed E-state index contributed by atoms with van der Waals surface area (Å²) < 4.78 is 0. The first-order valence-corrected chi connectivity index (χ1v) is 5.64. The zero-order chi connectivity index (χ0) is 12.2. The van der Waals surface area contributed by atoms with Gasteiger partial charge in [0.15, 0.2) is 0 Å². The highest BCUT2D eigenvalue weighted by Crippen LogP contribution is 2.47. The molecule has 1 aliphatic rings. The second kappa shape index (κ2) is 5.18. The van der Waals surface area contributed by atoms with Crippen LogP contribution in [-0.4, -0.2) is 42.1 Å². The summed E-state index contributed by atoms with van der Waals surface area (Å²) in [4.78, 5) is 23.2. The Kier molecular flexibility index (Phi) is 4.15. The monoisotopic (exact) mass is 228 g/mol. The highest BCUT2D eigenvalue weighted by Gasteiger charge is 2.36. The molecular weight excluding hydrogens is 208 g/mol. The lowest BCUT2D eigenvalue weighted by molar-refractivity contribution is -0.137. The Bertz CT molecular complexity index is 274. The maximum absolute atomic E-state index is 11.5. The highest BCUT2D eigenvalue weighted by atomic mass is 16.4. The van der Waals surface area contributed by atoms with Gasteiger partial charge < -0.3 is 15.3 Å². The fourth-order valence-electron chi connectivity index (χ4n) is 1.43. The number of carbonyl (C=O) groups excluding carboxylic acids is 1. The number of nitrogens with zero attached hydrogens (tertiary/aromatic N) is 1. The van der Waals surface area contributed by atoms with E-state index in [1.807, 2.05) is 0 Å². The Morgan fingerprint density at radius 1 is 1.44 bits per heavy atom. The number of carboxylic acids is 1. The van der Waals surface area contributed by atoms with Crippen molar-refractivity contribution in [3.8, 4) is 0 Å².